The number of furan rings is 1. The fourth-order valence-electron chi connectivity index (χ4n) is 3.31. The van der Waals surface area contributed by atoms with Crippen molar-refractivity contribution in [2.24, 2.45) is 0 Å². The number of benzene rings is 1. The molecule has 0 saturated carbocycles. The zero-order valence-corrected chi connectivity index (χ0v) is 17.0. The maximum absolute atomic E-state index is 12.8. The smallest absolute Gasteiger partial charge is 0.243 e. The summed E-state index contributed by atoms with van der Waals surface area (Å²) >= 11 is 0. The zero-order valence-electron chi connectivity index (χ0n) is 16.1. The molecule has 2 heterocycles. The number of rotatable bonds is 7. The first-order chi connectivity index (χ1) is 13.4. The van der Waals surface area contributed by atoms with E-state index in [1.54, 1.807) is 34.8 Å². The summed E-state index contributed by atoms with van der Waals surface area (Å²) in [4.78, 5) is 14.3. The topological polar surface area (TPSA) is 82.9 Å². The van der Waals surface area contributed by atoms with Crippen LogP contribution in [0.1, 0.15) is 31.4 Å². The van der Waals surface area contributed by atoms with Crippen LogP contribution in [0.25, 0.3) is 0 Å². The Morgan fingerprint density at radius 2 is 1.79 bits per heavy atom. The van der Waals surface area contributed by atoms with Gasteiger partial charge in [0.05, 0.1) is 24.2 Å². The Hall–Kier alpha value is -2.16. The third-order valence-electron chi connectivity index (χ3n) is 4.76. The molecule has 0 unspecified atom stereocenters. The molecule has 0 radical (unpaired) electrons. The third kappa shape index (κ3) is 5.43. The van der Waals surface area contributed by atoms with Gasteiger partial charge in [-0.2, -0.15) is 4.31 Å². The Kier molecular flexibility index (Phi) is 6.88. The summed E-state index contributed by atoms with van der Waals surface area (Å²) in [7, 11) is -1.64. The Bertz CT molecular complexity index is 855. The number of amides is 1. The van der Waals surface area contributed by atoms with Crippen molar-refractivity contribution >= 4 is 21.6 Å². The number of likely N-dealkylation sites (N-methyl/N-ethyl adjacent to an activating group) is 1. The average Bonchev–Trinajstić information content (AvgIpc) is 3.00. The molecule has 0 aliphatic carbocycles. The second kappa shape index (κ2) is 9.36. The van der Waals surface area contributed by atoms with Gasteiger partial charge >= 0.3 is 0 Å². The van der Waals surface area contributed by atoms with E-state index in [4.69, 9.17) is 4.42 Å². The predicted octanol–water partition coefficient (Wildman–Crippen LogP) is 2.91. The third-order valence-corrected chi connectivity index (χ3v) is 6.67. The molecule has 1 aromatic carbocycles. The quantitative estimate of drug-likeness (QED) is 0.766. The number of anilines is 1. The fourth-order valence-corrected chi connectivity index (χ4v) is 4.83. The maximum Gasteiger partial charge on any atom is 0.243 e. The van der Waals surface area contributed by atoms with Gasteiger partial charge < -0.3 is 9.73 Å². The number of hydrogen-bond acceptors (Lipinski definition) is 5. The van der Waals surface area contributed by atoms with Crippen LogP contribution in [-0.4, -0.2) is 50.2 Å². The van der Waals surface area contributed by atoms with E-state index in [0.29, 0.717) is 25.3 Å². The van der Waals surface area contributed by atoms with E-state index in [1.165, 1.54) is 0 Å². The molecule has 1 aromatic heterocycles. The Morgan fingerprint density at radius 3 is 2.39 bits per heavy atom. The molecule has 1 saturated heterocycles. The van der Waals surface area contributed by atoms with E-state index in [0.717, 1.165) is 31.4 Å². The van der Waals surface area contributed by atoms with E-state index in [2.05, 4.69) is 5.32 Å². The Labute approximate surface area is 166 Å². The summed E-state index contributed by atoms with van der Waals surface area (Å²) in [5, 5.41) is 2.80. The monoisotopic (exact) mass is 405 g/mol. The van der Waals surface area contributed by atoms with Crippen molar-refractivity contribution in [2.45, 2.75) is 37.1 Å². The highest BCUT2D eigenvalue weighted by molar-refractivity contribution is 7.89. The minimum absolute atomic E-state index is 0.169. The van der Waals surface area contributed by atoms with Gasteiger partial charge in [-0.25, -0.2) is 8.42 Å². The lowest BCUT2D eigenvalue weighted by molar-refractivity contribution is -0.117. The molecule has 0 bridgehead atoms. The summed E-state index contributed by atoms with van der Waals surface area (Å²) < 4.78 is 32.4. The van der Waals surface area contributed by atoms with Crippen LogP contribution in [0.15, 0.2) is 52.0 Å². The highest BCUT2D eigenvalue weighted by atomic mass is 32.2. The predicted molar refractivity (Wildman–Crippen MR) is 107 cm³/mol. The van der Waals surface area contributed by atoms with Gasteiger partial charge in [0.1, 0.15) is 5.76 Å². The Morgan fingerprint density at radius 1 is 1.11 bits per heavy atom. The summed E-state index contributed by atoms with van der Waals surface area (Å²) in [5.74, 6) is 0.621. The largest absolute Gasteiger partial charge is 0.468 e. The minimum atomic E-state index is -3.48. The summed E-state index contributed by atoms with van der Waals surface area (Å²) in [6, 6.07) is 10.1. The molecule has 3 rings (SSSR count). The van der Waals surface area contributed by atoms with Gasteiger partial charge in [-0.3, -0.25) is 9.69 Å². The van der Waals surface area contributed by atoms with Gasteiger partial charge in [-0.05, 0) is 56.3 Å². The molecule has 1 N–H and O–H groups in total. The normalized spacial score (nSPS) is 16.1. The molecule has 28 heavy (non-hydrogen) atoms. The number of carbonyl (C=O) groups excluding carboxylic acids is 1. The molecule has 1 fully saturated rings. The summed E-state index contributed by atoms with van der Waals surface area (Å²) in [6.07, 6.45) is 5.55. The van der Waals surface area contributed by atoms with Gasteiger partial charge in [0, 0.05) is 18.8 Å². The van der Waals surface area contributed by atoms with Crippen LogP contribution in [0.4, 0.5) is 5.69 Å². The van der Waals surface area contributed by atoms with Crippen LogP contribution in [0.2, 0.25) is 0 Å². The van der Waals surface area contributed by atoms with Crippen molar-refractivity contribution in [1.82, 2.24) is 9.21 Å². The first-order valence-electron chi connectivity index (χ1n) is 9.56. The molecule has 8 heteroatoms. The summed E-state index contributed by atoms with van der Waals surface area (Å²) in [6.45, 7) is 1.88. The molecule has 152 valence electrons. The lowest BCUT2D eigenvalue weighted by Gasteiger charge is -2.20. The van der Waals surface area contributed by atoms with Crippen LogP contribution in [0.5, 0.6) is 0 Å². The number of nitrogens with zero attached hydrogens (tertiary/aromatic N) is 2. The van der Waals surface area contributed by atoms with E-state index >= 15 is 0 Å². The van der Waals surface area contributed by atoms with Gasteiger partial charge in [-0.15, -0.1) is 0 Å². The zero-order chi connectivity index (χ0) is 20.0. The van der Waals surface area contributed by atoms with Crippen LogP contribution < -0.4 is 5.32 Å². The van der Waals surface area contributed by atoms with Crippen molar-refractivity contribution in [3.8, 4) is 0 Å². The number of carbonyl (C=O) groups is 1. The number of hydrogen-bond donors (Lipinski definition) is 1. The van der Waals surface area contributed by atoms with Crippen LogP contribution in [0, 0.1) is 0 Å². The second-order valence-corrected chi connectivity index (χ2v) is 9.08. The van der Waals surface area contributed by atoms with Crippen molar-refractivity contribution in [2.75, 3.05) is 32.0 Å². The first kappa shape index (κ1) is 20.6. The van der Waals surface area contributed by atoms with Gasteiger partial charge in [0.25, 0.3) is 0 Å². The van der Waals surface area contributed by atoms with Crippen molar-refractivity contribution in [3.05, 3.63) is 48.4 Å². The molecule has 0 atom stereocenters. The lowest BCUT2D eigenvalue weighted by Crippen LogP contribution is -2.32. The summed E-state index contributed by atoms with van der Waals surface area (Å²) in [5.41, 5.74) is 0.575. The second-order valence-electron chi connectivity index (χ2n) is 7.14. The standard InChI is InChI=1S/C20H27N3O4S/c1-22(15-18-7-6-14-27-18)16-20(24)21-17-8-10-19(11-9-17)28(25,26)23-12-4-2-3-5-13-23/h6-11,14H,2-5,12-13,15-16H2,1H3,(H,21,24). The number of nitrogens with one attached hydrogen (secondary N) is 1. The molecule has 0 spiro atoms. The molecule has 1 aliphatic rings. The highest BCUT2D eigenvalue weighted by Crippen LogP contribution is 2.21. The maximum atomic E-state index is 12.8. The minimum Gasteiger partial charge on any atom is -0.468 e. The van der Waals surface area contributed by atoms with Crippen molar-refractivity contribution in [1.29, 1.82) is 0 Å². The van der Waals surface area contributed by atoms with E-state index in [9.17, 15) is 13.2 Å². The average molecular weight is 406 g/mol. The van der Waals surface area contributed by atoms with Gasteiger partial charge in [-0.1, -0.05) is 12.8 Å². The molecule has 1 amide bonds. The molecular formula is C20H27N3O4S. The molecule has 2 aromatic rings. The lowest BCUT2D eigenvalue weighted by atomic mass is 10.2. The van der Waals surface area contributed by atoms with Gasteiger partial charge in [0.15, 0.2) is 0 Å². The first-order valence-corrected chi connectivity index (χ1v) is 11.0. The molecular weight excluding hydrogens is 378 g/mol. The van der Waals surface area contributed by atoms with Crippen LogP contribution >= 0.6 is 0 Å². The van der Waals surface area contributed by atoms with Crippen LogP contribution in [-0.2, 0) is 21.4 Å². The van der Waals surface area contributed by atoms with E-state index in [1.807, 2.05) is 24.1 Å². The SMILES string of the molecule is CN(CC(=O)Nc1ccc(S(=O)(=O)N2CCCCCC2)cc1)Cc1ccco1. The van der Waals surface area contributed by atoms with E-state index < -0.39 is 10.0 Å². The molecule has 7 nitrogen and oxygen atoms in total. The van der Waals surface area contributed by atoms with E-state index in [-0.39, 0.29) is 17.3 Å². The fraction of sp³-hybridized carbons (Fsp3) is 0.450. The van der Waals surface area contributed by atoms with Crippen LogP contribution in [0.3, 0.4) is 0 Å². The highest BCUT2D eigenvalue weighted by Gasteiger charge is 2.25. The van der Waals surface area contributed by atoms with Crippen molar-refractivity contribution < 1.29 is 17.6 Å². The molecule has 1 aliphatic heterocycles. The van der Waals surface area contributed by atoms with Crippen molar-refractivity contribution in [3.63, 3.8) is 0 Å². The Balaban J connectivity index is 1.56. The number of sulfonamides is 1. The van der Waals surface area contributed by atoms with Gasteiger partial charge in [0.2, 0.25) is 15.9 Å².